The zero-order valence-electron chi connectivity index (χ0n) is 18.5. The van der Waals surface area contributed by atoms with Crippen molar-refractivity contribution in [2.24, 2.45) is 0 Å². The second kappa shape index (κ2) is 10.5. The van der Waals surface area contributed by atoms with Gasteiger partial charge >= 0.3 is 12.1 Å². The first-order chi connectivity index (χ1) is 15.7. The molecule has 1 atom stereocenters. The number of benzene rings is 2. The van der Waals surface area contributed by atoms with Crippen molar-refractivity contribution in [2.75, 3.05) is 13.7 Å². The standard InChI is InChI=1S/C25H24F3NO4/c1-16-15-20(11-12-23(16)32-17(2)30)33-24(13-14-31-3)22-6-4-5-21(29-22)18-7-9-19(10-8-18)25(26,27)28/h4-12,15,24H,13-14H2,1-3H3/t24-/m0/s1. The van der Waals surface area contributed by atoms with E-state index in [0.29, 0.717) is 41.5 Å². The number of alkyl halides is 3. The molecule has 1 heterocycles. The Morgan fingerprint density at radius 2 is 1.79 bits per heavy atom. The summed E-state index contributed by atoms with van der Waals surface area (Å²) in [5.41, 5.74) is 1.74. The van der Waals surface area contributed by atoms with Crippen LogP contribution in [-0.2, 0) is 15.7 Å². The van der Waals surface area contributed by atoms with Crippen molar-refractivity contribution in [3.63, 3.8) is 0 Å². The fourth-order valence-corrected chi connectivity index (χ4v) is 3.24. The molecule has 3 aromatic rings. The summed E-state index contributed by atoms with van der Waals surface area (Å²) in [5.74, 6) is 0.603. The summed E-state index contributed by atoms with van der Waals surface area (Å²) < 4.78 is 55.1. The van der Waals surface area contributed by atoms with Gasteiger partial charge in [-0.15, -0.1) is 0 Å². The third-order valence-electron chi connectivity index (χ3n) is 4.87. The van der Waals surface area contributed by atoms with Crippen LogP contribution in [0.25, 0.3) is 11.3 Å². The molecule has 174 valence electrons. The minimum absolute atomic E-state index is 0.408. The summed E-state index contributed by atoms with van der Waals surface area (Å²) >= 11 is 0. The first-order valence-electron chi connectivity index (χ1n) is 10.3. The van der Waals surface area contributed by atoms with Crippen molar-refractivity contribution in [1.29, 1.82) is 0 Å². The number of halogens is 3. The number of carbonyl (C=O) groups excluding carboxylic acids is 1. The zero-order chi connectivity index (χ0) is 24.0. The lowest BCUT2D eigenvalue weighted by Crippen LogP contribution is -2.13. The average molecular weight is 459 g/mol. The zero-order valence-corrected chi connectivity index (χ0v) is 18.5. The molecule has 0 spiro atoms. The second-order valence-corrected chi connectivity index (χ2v) is 7.43. The van der Waals surface area contributed by atoms with E-state index in [1.165, 1.54) is 19.1 Å². The monoisotopic (exact) mass is 459 g/mol. The molecule has 2 aromatic carbocycles. The number of methoxy groups -OCH3 is 1. The number of rotatable bonds is 8. The van der Waals surface area contributed by atoms with Gasteiger partial charge in [0.2, 0.25) is 0 Å². The number of aryl methyl sites for hydroxylation is 1. The van der Waals surface area contributed by atoms with Gasteiger partial charge in [0.1, 0.15) is 17.6 Å². The van der Waals surface area contributed by atoms with Crippen LogP contribution in [0.5, 0.6) is 11.5 Å². The van der Waals surface area contributed by atoms with E-state index in [0.717, 1.165) is 17.7 Å². The third-order valence-corrected chi connectivity index (χ3v) is 4.87. The Hall–Kier alpha value is -3.39. The van der Waals surface area contributed by atoms with E-state index < -0.39 is 23.8 Å². The van der Waals surface area contributed by atoms with E-state index in [4.69, 9.17) is 14.2 Å². The molecule has 0 bridgehead atoms. The highest BCUT2D eigenvalue weighted by Crippen LogP contribution is 2.32. The van der Waals surface area contributed by atoms with Gasteiger partial charge < -0.3 is 14.2 Å². The van der Waals surface area contributed by atoms with E-state index in [9.17, 15) is 18.0 Å². The number of hydrogen-bond donors (Lipinski definition) is 0. The van der Waals surface area contributed by atoms with Gasteiger partial charge in [-0.1, -0.05) is 18.2 Å². The maximum Gasteiger partial charge on any atom is 0.416 e. The van der Waals surface area contributed by atoms with Crippen LogP contribution in [-0.4, -0.2) is 24.7 Å². The van der Waals surface area contributed by atoms with Crippen LogP contribution in [0.2, 0.25) is 0 Å². The van der Waals surface area contributed by atoms with Gasteiger partial charge in [0.15, 0.2) is 0 Å². The van der Waals surface area contributed by atoms with Crippen molar-refractivity contribution in [1.82, 2.24) is 4.98 Å². The Morgan fingerprint density at radius 1 is 1.06 bits per heavy atom. The molecule has 0 amide bonds. The minimum Gasteiger partial charge on any atom is -0.484 e. The Bertz CT molecular complexity index is 1100. The third kappa shape index (κ3) is 6.55. The van der Waals surface area contributed by atoms with Crippen molar-refractivity contribution >= 4 is 5.97 Å². The SMILES string of the molecule is COCC[C@H](Oc1ccc(OC(C)=O)c(C)c1)c1cccc(-c2ccc(C(F)(F)F)cc2)n1. The smallest absolute Gasteiger partial charge is 0.416 e. The van der Waals surface area contributed by atoms with E-state index in [-0.39, 0.29) is 0 Å². The summed E-state index contributed by atoms with van der Waals surface area (Å²) in [6, 6.07) is 15.3. The summed E-state index contributed by atoms with van der Waals surface area (Å²) in [6.07, 6.45) is -4.35. The highest BCUT2D eigenvalue weighted by atomic mass is 19.4. The van der Waals surface area contributed by atoms with Crippen molar-refractivity contribution in [2.45, 2.75) is 32.5 Å². The van der Waals surface area contributed by atoms with Crippen molar-refractivity contribution < 1.29 is 32.2 Å². The van der Waals surface area contributed by atoms with Crippen LogP contribution in [0.1, 0.15) is 36.3 Å². The molecule has 0 N–H and O–H groups in total. The summed E-state index contributed by atoms with van der Waals surface area (Å²) in [7, 11) is 1.58. The van der Waals surface area contributed by atoms with Gasteiger partial charge in [0, 0.05) is 26.0 Å². The number of hydrogen-bond acceptors (Lipinski definition) is 5. The van der Waals surface area contributed by atoms with Gasteiger partial charge in [0.05, 0.1) is 23.6 Å². The Morgan fingerprint density at radius 3 is 2.39 bits per heavy atom. The maximum absolute atomic E-state index is 12.9. The number of nitrogens with zero attached hydrogens (tertiary/aromatic N) is 1. The van der Waals surface area contributed by atoms with Gasteiger partial charge in [-0.25, -0.2) is 4.98 Å². The van der Waals surface area contributed by atoms with Crippen LogP contribution in [0, 0.1) is 6.92 Å². The molecule has 33 heavy (non-hydrogen) atoms. The molecule has 0 radical (unpaired) electrons. The normalized spacial score (nSPS) is 12.3. The molecule has 0 aliphatic heterocycles. The Balaban J connectivity index is 1.86. The molecule has 0 aliphatic rings. The highest BCUT2D eigenvalue weighted by Gasteiger charge is 2.30. The lowest BCUT2D eigenvalue weighted by molar-refractivity contribution is -0.137. The summed E-state index contributed by atoms with van der Waals surface area (Å²) in [4.78, 5) is 15.8. The van der Waals surface area contributed by atoms with E-state index in [1.807, 2.05) is 0 Å². The Labute approximate surface area is 190 Å². The fourth-order valence-electron chi connectivity index (χ4n) is 3.24. The minimum atomic E-state index is -4.39. The van der Waals surface area contributed by atoms with Crippen LogP contribution in [0.3, 0.4) is 0 Å². The summed E-state index contributed by atoms with van der Waals surface area (Å²) in [6.45, 7) is 3.56. The van der Waals surface area contributed by atoms with Crippen LogP contribution in [0.15, 0.2) is 60.7 Å². The van der Waals surface area contributed by atoms with Crippen molar-refractivity contribution in [3.05, 3.63) is 77.5 Å². The molecule has 0 fully saturated rings. The van der Waals surface area contributed by atoms with Crippen LogP contribution < -0.4 is 9.47 Å². The average Bonchev–Trinajstić information content (AvgIpc) is 2.78. The number of aromatic nitrogens is 1. The molecular weight excluding hydrogens is 435 g/mol. The molecule has 0 unspecified atom stereocenters. The first-order valence-corrected chi connectivity index (χ1v) is 10.3. The van der Waals surface area contributed by atoms with E-state index in [1.54, 1.807) is 50.4 Å². The predicted molar refractivity (Wildman–Crippen MR) is 117 cm³/mol. The lowest BCUT2D eigenvalue weighted by Gasteiger charge is -2.20. The summed E-state index contributed by atoms with van der Waals surface area (Å²) in [5, 5.41) is 0. The quantitative estimate of drug-likeness (QED) is 0.298. The molecule has 0 aliphatic carbocycles. The number of carbonyl (C=O) groups is 1. The van der Waals surface area contributed by atoms with Crippen molar-refractivity contribution in [3.8, 4) is 22.8 Å². The van der Waals surface area contributed by atoms with Gasteiger partial charge in [0.25, 0.3) is 0 Å². The lowest BCUT2D eigenvalue weighted by atomic mass is 10.1. The number of esters is 1. The van der Waals surface area contributed by atoms with Gasteiger partial charge in [-0.05, 0) is 55.0 Å². The molecule has 1 aromatic heterocycles. The van der Waals surface area contributed by atoms with E-state index in [2.05, 4.69) is 4.98 Å². The molecule has 0 saturated carbocycles. The molecule has 0 saturated heterocycles. The number of pyridine rings is 1. The molecule has 3 rings (SSSR count). The molecule has 5 nitrogen and oxygen atoms in total. The largest absolute Gasteiger partial charge is 0.484 e. The predicted octanol–water partition coefficient (Wildman–Crippen LogP) is 6.16. The highest BCUT2D eigenvalue weighted by molar-refractivity contribution is 5.70. The second-order valence-electron chi connectivity index (χ2n) is 7.43. The van der Waals surface area contributed by atoms with Crippen LogP contribution >= 0.6 is 0 Å². The fraction of sp³-hybridized carbons (Fsp3) is 0.280. The topological polar surface area (TPSA) is 57.7 Å². The first kappa shape index (κ1) is 24.3. The van der Waals surface area contributed by atoms with Gasteiger partial charge in [-0.2, -0.15) is 13.2 Å². The molecular formula is C25H24F3NO4. The maximum atomic E-state index is 12.9. The Kier molecular flexibility index (Phi) is 7.71. The van der Waals surface area contributed by atoms with Crippen LogP contribution in [0.4, 0.5) is 13.2 Å². The van der Waals surface area contributed by atoms with E-state index >= 15 is 0 Å². The van der Waals surface area contributed by atoms with Gasteiger partial charge in [-0.3, -0.25) is 4.79 Å². The molecule has 8 heteroatoms. The number of ether oxygens (including phenoxy) is 3.